The van der Waals surface area contributed by atoms with Crippen LogP contribution in [-0.2, 0) is 0 Å². The Hall–Kier alpha value is -1.70. The molecular weight excluding hydrogens is 251 g/mol. The smallest absolute Gasteiger partial charge is 0.358 e. The lowest BCUT2D eigenvalue weighted by atomic mass is 10.4. The highest BCUT2D eigenvalue weighted by Gasteiger charge is 2.35. The quantitative estimate of drug-likeness (QED) is 0.462. The minimum atomic E-state index is -4.80. The molecule has 0 radical (unpaired) electrons. The molecule has 0 aliphatic carbocycles. The molecule has 1 heterocycles. The molecule has 1 rings (SSSR count). The first kappa shape index (κ1) is 12.4. The second-order valence-electron chi connectivity index (χ2n) is 2.51. The van der Waals surface area contributed by atoms with Crippen molar-refractivity contribution in [1.29, 1.82) is 0 Å². The Morgan fingerprint density at radius 1 is 1.50 bits per heavy atom. The van der Waals surface area contributed by atoms with E-state index < -0.39 is 27.9 Å². The molecule has 16 heavy (non-hydrogen) atoms. The lowest BCUT2D eigenvalue weighted by Gasteiger charge is -2.00. The van der Waals surface area contributed by atoms with E-state index in [0.717, 1.165) is 18.2 Å². The van der Waals surface area contributed by atoms with Crippen LogP contribution in [0.5, 0.6) is 0 Å². The highest BCUT2D eigenvalue weighted by molar-refractivity contribution is 6.67. The summed E-state index contributed by atoms with van der Waals surface area (Å²) in [5.41, 5.74) is 0. The molecule has 0 saturated heterocycles. The van der Waals surface area contributed by atoms with Crippen molar-refractivity contribution in [3.8, 4) is 0 Å². The van der Waals surface area contributed by atoms with Gasteiger partial charge >= 0.3 is 12.0 Å². The third kappa shape index (κ3) is 3.16. The Morgan fingerprint density at radius 2 is 2.12 bits per heavy atom. The summed E-state index contributed by atoms with van der Waals surface area (Å²) in [5, 5.41) is 8.64. The van der Waals surface area contributed by atoms with Crippen molar-refractivity contribution < 1.29 is 18.1 Å². The van der Waals surface area contributed by atoms with Crippen LogP contribution >= 0.6 is 11.6 Å². The highest BCUT2D eigenvalue weighted by atomic mass is 35.5. The average molecular weight is 254 g/mol. The number of nitrogens with zero attached hydrogens (tertiary/aromatic N) is 3. The number of alkyl halides is 3. The standard InChI is InChI=1S/C7H3ClF3N3O2/c8-6(7(9,10)11)13-4-2-1-3-5(12-4)14(15)16/h1-3H. The second-order valence-corrected chi connectivity index (χ2v) is 2.87. The zero-order valence-corrected chi connectivity index (χ0v) is 8.16. The van der Waals surface area contributed by atoms with Crippen molar-refractivity contribution in [2.24, 2.45) is 4.99 Å². The summed E-state index contributed by atoms with van der Waals surface area (Å²) in [6, 6.07) is 3.26. The third-order valence-corrected chi connectivity index (χ3v) is 1.65. The topological polar surface area (TPSA) is 68.4 Å². The number of hydrogen-bond acceptors (Lipinski definition) is 4. The molecule has 0 amide bonds. The lowest BCUT2D eigenvalue weighted by molar-refractivity contribution is -0.389. The molecule has 5 nitrogen and oxygen atoms in total. The number of halogens is 4. The van der Waals surface area contributed by atoms with E-state index in [-0.39, 0.29) is 0 Å². The lowest BCUT2D eigenvalue weighted by Crippen LogP contribution is -2.16. The minimum absolute atomic E-state index is 0.475. The van der Waals surface area contributed by atoms with Gasteiger partial charge in [0, 0.05) is 12.1 Å². The van der Waals surface area contributed by atoms with Crippen LogP contribution in [0.3, 0.4) is 0 Å². The van der Waals surface area contributed by atoms with Gasteiger partial charge in [0.1, 0.15) is 0 Å². The summed E-state index contributed by atoms with van der Waals surface area (Å²) in [5.74, 6) is -1.08. The second kappa shape index (κ2) is 4.44. The first-order valence-electron chi connectivity index (χ1n) is 3.73. The molecule has 9 heteroatoms. The summed E-state index contributed by atoms with van der Waals surface area (Å²) in [6.45, 7) is 0. The van der Waals surface area contributed by atoms with Gasteiger partial charge in [0.25, 0.3) is 5.82 Å². The van der Waals surface area contributed by atoms with Crippen LogP contribution in [0.15, 0.2) is 23.2 Å². The molecule has 1 aromatic rings. The highest BCUT2D eigenvalue weighted by Crippen LogP contribution is 2.23. The predicted octanol–water partition coefficient (Wildman–Crippen LogP) is 2.82. The van der Waals surface area contributed by atoms with Crippen LogP contribution in [0.4, 0.5) is 24.8 Å². The first-order valence-corrected chi connectivity index (χ1v) is 4.11. The predicted molar refractivity (Wildman–Crippen MR) is 49.9 cm³/mol. The molecule has 0 aromatic carbocycles. The summed E-state index contributed by atoms with van der Waals surface area (Å²) >= 11 is 4.84. The Balaban J connectivity index is 3.07. The average Bonchev–Trinajstić information content (AvgIpc) is 2.16. The van der Waals surface area contributed by atoms with E-state index in [4.69, 9.17) is 11.6 Å². The minimum Gasteiger partial charge on any atom is -0.358 e. The number of hydrogen-bond donors (Lipinski definition) is 0. The van der Waals surface area contributed by atoms with Crippen molar-refractivity contribution >= 4 is 28.4 Å². The SMILES string of the molecule is O=[N+]([O-])c1cccc(N=C(Cl)C(F)(F)F)n1. The van der Waals surface area contributed by atoms with Crippen LogP contribution in [0.25, 0.3) is 0 Å². The van der Waals surface area contributed by atoms with Gasteiger partial charge in [-0.3, -0.25) is 0 Å². The molecule has 0 unspecified atom stereocenters. The molecule has 0 aliphatic heterocycles. The largest absolute Gasteiger partial charge is 0.444 e. The molecule has 0 aliphatic rings. The van der Waals surface area contributed by atoms with Gasteiger partial charge < -0.3 is 10.1 Å². The summed E-state index contributed by atoms with van der Waals surface area (Å²) in [4.78, 5) is 15.6. The molecule has 0 saturated carbocycles. The Morgan fingerprint density at radius 3 is 2.62 bits per heavy atom. The maximum Gasteiger partial charge on any atom is 0.444 e. The maximum absolute atomic E-state index is 12.0. The van der Waals surface area contributed by atoms with E-state index >= 15 is 0 Å². The molecule has 86 valence electrons. The number of pyridine rings is 1. The van der Waals surface area contributed by atoms with Gasteiger partial charge in [0.05, 0.1) is 0 Å². The van der Waals surface area contributed by atoms with Gasteiger partial charge in [-0.2, -0.15) is 18.2 Å². The fourth-order valence-electron chi connectivity index (χ4n) is 0.740. The van der Waals surface area contributed by atoms with Gasteiger partial charge in [-0.25, -0.2) is 0 Å². The zero-order valence-electron chi connectivity index (χ0n) is 7.40. The van der Waals surface area contributed by atoms with Crippen molar-refractivity contribution in [1.82, 2.24) is 4.98 Å². The zero-order chi connectivity index (χ0) is 12.3. The molecule has 0 fully saturated rings. The van der Waals surface area contributed by atoms with E-state index in [1.54, 1.807) is 0 Å². The number of nitro groups is 1. The third-order valence-electron chi connectivity index (χ3n) is 1.35. The van der Waals surface area contributed by atoms with E-state index in [1.165, 1.54) is 0 Å². The molecule has 0 bridgehead atoms. The fourth-order valence-corrected chi connectivity index (χ4v) is 0.827. The van der Waals surface area contributed by atoms with Crippen LogP contribution in [0.1, 0.15) is 0 Å². The van der Waals surface area contributed by atoms with Crippen molar-refractivity contribution in [3.05, 3.63) is 28.3 Å². The maximum atomic E-state index is 12.0. The van der Waals surface area contributed by atoms with Crippen molar-refractivity contribution in [3.63, 3.8) is 0 Å². The molecular formula is C7H3ClF3N3O2. The summed E-state index contributed by atoms with van der Waals surface area (Å²) < 4.78 is 35.9. The van der Waals surface area contributed by atoms with E-state index in [9.17, 15) is 23.3 Å². The Labute approximate surface area is 91.7 Å². The number of aliphatic imine (C=N–C) groups is 1. The van der Waals surface area contributed by atoms with Gasteiger partial charge in [-0.15, -0.1) is 0 Å². The van der Waals surface area contributed by atoms with Crippen LogP contribution in [0, 0.1) is 10.1 Å². The molecule has 0 atom stereocenters. The van der Waals surface area contributed by atoms with Crippen LogP contribution < -0.4 is 0 Å². The number of aromatic nitrogens is 1. The van der Waals surface area contributed by atoms with E-state index in [0.29, 0.717) is 0 Å². The molecule has 1 aromatic heterocycles. The van der Waals surface area contributed by atoms with Gasteiger partial charge in [-0.1, -0.05) is 11.6 Å². The normalized spacial score (nSPS) is 12.6. The monoisotopic (exact) mass is 253 g/mol. The van der Waals surface area contributed by atoms with Gasteiger partial charge in [-0.05, 0) is 16.0 Å². The summed E-state index contributed by atoms with van der Waals surface area (Å²) in [7, 11) is 0. The molecule has 0 spiro atoms. The van der Waals surface area contributed by atoms with E-state index in [2.05, 4.69) is 9.98 Å². The van der Waals surface area contributed by atoms with Crippen molar-refractivity contribution in [2.45, 2.75) is 6.18 Å². The molecule has 0 N–H and O–H groups in total. The number of rotatable bonds is 2. The Kier molecular flexibility index (Phi) is 3.43. The Bertz CT molecular complexity index is 447. The van der Waals surface area contributed by atoms with E-state index in [1.807, 2.05) is 0 Å². The first-order chi connectivity index (χ1) is 7.30. The summed E-state index contributed by atoms with van der Waals surface area (Å²) in [6.07, 6.45) is -4.80. The van der Waals surface area contributed by atoms with Crippen LogP contribution in [0.2, 0.25) is 0 Å². The van der Waals surface area contributed by atoms with Gasteiger partial charge in [0.15, 0.2) is 0 Å². The van der Waals surface area contributed by atoms with Crippen LogP contribution in [-0.4, -0.2) is 21.3 Å². The van der Waals surface area contributed by atoms with Crippen molar-refractivity contribution in [2.75, 3.05) is 0 Å². The van der Waals surface area contributed by atoms with Gasteiger partial charge in [0.2, 0.25) is 5.17 Å². The fraction of sp³-hybridized carbons (Fsp3) is 0.143.